The van der Waals surface area contributed by atoms with E-state index < -0.39 is 0 Å². The molecule has 1 amide bonds. The zero-order chi connectivity index (χ0) is 19.1. The quantitative estimate of drug-likeness (QED) is 0.829. The molecule has 0 unspecified atom stereocenters. The van der Waals surface area contributed by atoms with Gasteiger partial charge in [-0.2, -0.15) is 0 Å². The molecule has 0 saturated carbocycles. The Bertz CT molecular complexity index is 855. The standard InChI is InChI=1S/C22H26FN3O/c1-15(2)26-14-20-19(22(26)27)12-17(13-21(20)23)16-4-6-18(7-5-16)25-10-8-24(3)9-11-25/h4-7,12-13,15H,8-11,14H2,1-3H3. The van der Waals surface area contributed by atoms with E-state index in [9.17, 15) is 9.18 Å². The largest absolute Gasteiger partial charge is 0.369 e. The van der Waals surface area contributed by atoms with Crippen molar-refractivity contribution in [3.63, 3.8) is 0 Å². The summed E-state index contributed by atoms with van der Waals surface area (Å²) in [6, 6.07) is 11.7. The van der Waals surface area contributed by atoms with Crippen molar-refractivity contribution in [1.82, 2.24) is 9.80 Å². The fourth-order valence-electron chi connectivity index (χ4n) is 3.90. The van der Waals surface area contributed by atoms with Gasteiger partial charge in [-0.1, -0.05) is 12.1 Å². The monoisotopic (exact) mass is 367 g/mol. The Morgan fingerprint density at radius 3 is 2.26 bits per heavy atom. The van der Waals surface area contributed by atoms with Crippen LogP contribution in [0.25, 0.3) is 11.1 Å². The highest BCUT2D eigenvalue weighted by Gasteiger charge is 2.32. The third-order valence-electron chi connectivity index (χ3n) is 5.71. The third-order valence-corrected chi connectivity index (χ3v) is 5.71. The number of piperazine rings is 1. The highest BCUT2D eigenvalue weighted by atomic mass is 19.1. The van der Waals surface area contributed by atoms with Crippen molar-refractivity contribution < 1.29 is 9.18 Å². The first-order valence-electron chi connectivity index (χ1n) is 9.61. The average molecular weight is 367 g/mol. The first-order valence-corrected chi connectivity index (χ1v) is 9.61. The average Bonchev–Trinajstić information content (AvgIpc) is 3.00. The highest BCUT2D eigenvalue weighted by molar-refractivity contribution is 5.99. The molecule has 1 fully saturated rings. The van der Waals surface area contributed by atoms with Gasteiger partial charge >= 0.3 is 0 Å². The Balaban J connectivity index is 1.60. The van der Waals surface area contributed by atoms with E-state index >= 15 is 0 Å². The summed E-state index contributed by atoms with van der Waals surface area (Å²) < 4.78 is 14.7. The number of hydrogen-bond donors (Lipinski definition) is 0. The van der Waals surface area contributed by atoms with Crippen molar-refractivity contribution in [1.29, 1.82) is 0 Å². The van der Waals surface area contributed by atoms with Gasteiger partial charge < -0.3 is 14.7 Å². The van der Waals surface area contributed by atoms with Gasteiger partial charge in [0.05, 0.1) is 0 Å². The van der Waals surface area contributed by atoms with Gasteiger partial charge in [-0.3, -0.25) is 4.79 Å². The van der Waals surface area contributed by atoms with Crippen LogP contribution in [0.5, 0.6) is 0 Å². The number of amides is 1. The summed E-state index contributed by atoms with van der Waals surface area (Å²) in [6.07, 6.45) is 0. The zero-order valence-electron chi connectivity index (χ0n) is 16.2. The SMILES string of the molecule is CC(C)N1Cc2c(F)cc(-c3ccc(N4CCN(C)CC4)cc3)cc2C1=O. The maximum Gasteiger partial charge on any atom is 0.254 e. The molecule has 0 aromatic heterocycles. The van der Waals surface area contributed by atoms with Crippen molar-refractivity contribution in [3.05, 3.63) is 53.3 Å². The number of likely N-dealkylation sites (N-methyl/N-ethyl adjacent to an activating group) is 1. The molecule has 0 radical (unpaired) electrons. The Morgan fingerprint density at radius 1 is 0.963 bits per heavy atom. The van der Waals surface area contributed by atoms with Crippen LogP contribution in [-0.2, 0) is 6.54 Å². The van der Waals surface area contributed by atoms with E-state index in [1.54, 1.807) is 11.0 Å². The minimum absolute atomic E-state index is 0.0654. The van der Waals surface area contributed by atoms with Gasteiger partial charge in [0, 0.05) is 55.6 Å². The lowest BCUT2D eigenvalue weighted by atomic mass is 9.99. The summed E-state index contributed by atoms with van der Waals surface area (Å²) in [5, 5.41) is 0. The van der Waals surface area contributed by atoms with E-state index in [1.165, 1.54) is 5.69 Å². The molecule has 142 valence electrons. The number of rotatable bonds is 3. The van der Waals surface area contributed by atoms with Crippen LogP contribution in [0, 0.1) is 5.82 Å². The van der Waals surface area contributed by atoms with Crippen molar-refractivity contribution >= 4 is 11.6 Å². The van der Waals surface area contributed by atoms with Gasteiger partial charge in [-0.25, -0.2) is 4.39 Å². The second-order valence-electron chi connectivity index (χ2n) is 7.85. The number of carbonyl (C=O) groups excluding carboxylic acids is 1. The molecule has 2 heterocycles. The number of benzene rings is 2. The molecule has 2 aromatic rings. The van der Waals surface area contributed by atoms with Crippen LogP contribution in [0.2, 0.25) is 0 Å². The maximum absolute atomic E-state index is 14.7. The van der Waals surface area contributed by atoms with E-state index in [0.29, 0.717) is 17.7 Å². The molecule has 2 aliphatic heterocycles. The highest BCUT2D eigenvalue weighted by Crippen LogP contribution is 2.32. The first kappa shape index (κ1) is 18.0. The van der Waals surface area contributed by atoms with Crippen molar-refractivity contribution in [2.75, 3.05) is 38.1 Å². The predicted octanol–water partition coefficient (Wildman–Crippen LogP) is 3.61. The Labute approximate surface area is 160 Å². The molecule has 5 heteroatoms. The number of carbonyl (C=O) groups is 1. The molecule has 1 saturated heterocycles. The molecule has 2 aromatic carbocycles. The molecule has 0 bridgehead atoms. The summed E-state index contributed by atoms with van der Waals surface area (Å²) in [5.41, 5.74) is 3.91. The number of fused-ring (bicyclic) bond motifs is 1. The molecule has 2 aliphatic rings. The molecular formula is C22H26FN3O. The van der Waals surface area contributed by atoms with Gasteiger partial charge in [0.1, 0.15) is 5.82 Å². The van der Waals surface area contributed by atoms with E-state index in [4.69, 9.17) is 0 Å². The second kappa shape index (κ2) is 6.97. The van der Waals surface area contributed by atoms with Crippen LogP contribution >= 0.6 is 0 Å². The molecular weight excluding hydrogens is 341 g/mol. The van der Waals surface area contributed by atoms with E-state index in [2.05, 4.69) is 29.0 Å². The molecule has 0 spiro atoms. The zero-order valence-corrected chi connectivity index (χ0v) is 16.2. The second-order valence-corrected chi connectivity index (χ2v) is 7.85. The fourth-order valence-corrected chi connectivity index (χ4v) is 3.90. The summed E-state index contributed by atoms with van der Waals surface area (Å²) in [5.74, 6) is -0.364. The van der Waals surface area contributed by atoms with Crippen LogP contribution in [0.1, 0.15) is 29.8 Å². The van der Waals surface area contributed by atoms with E-state index in [0.717, 1.165) is 37.3 Å². The normalized spacial score (nSPS) is 17.7. The molecule has 0 aliphatic carbocycles. The first-order chi connectivity index (χ1) is 12.9. The van der Waals surface area contributed by atoms with Gasteiger partial charge in [0.15, 0.2) is 0 Å². The lowest BCUT2D eigenvalue weighted by Crippen LogP contribution is -2.44. The third kappa shape index (κ3) is 3.32. The molecule has 4 nitrogen and oxygen atoms in total. The van der Waals surface area contributed by atoms with Crippen LogP contribution in [-0.4, -0.2) is 55.0 Å². The minimum Gasteiger partial charge on any atom is -0.369 e. The molecule has 0 atom stereocenters. The van der Waals surface area contributed by atoms with Crippen LogP contribution in [0.15, 0.2) is 36.4 Å². The molecule has 27 heavy (non-hydrogen) atoms. The van der Waals surface area contributed by atoms with Crippen molar-refractivity contribution in [2.24, 2.45) is 0 Å². The van der Waals surface area contributed by atoms with Crippen molar-refractivity contribution in [3.8, 4) is 11.1 Å². The summed E-state index contributed by atoms with van der Waals surface area (Å²) in [4.78, 5) is 19.0. The lowest BCUT2D eigenvalue weighted by Gasteiger charge is -2.34. The lowest BCUT2D eigenvalue weighted by molar-refractivity contribution is 0.0730. The number of nitrogens with zero attached hydrogens (tertiary/aromatic N) is 3. The number of halogens is 1. The Hall–Kier alpha value is -2.40. The van der Waals surface area contributed by atoms with E-state index in [-0.39, 0.29) is 17.8 Å². The van der Waals surface area contributed by atoms with E-state index in [1.807, 2.05) is 32.0 Å². The number of hydrogen-bond acceptors (Lipinski definition) is 3. The summed E-state index contributed by atoms with van der Waals surface area (Å²) in [6.45, 7) is 8.43. The predicted molar refractivity (Wildman–Crippen MR) is 107 cm³/mol. The smallest absolute Gasteiger partial charge is 0.254 e. The van der Waals surface area contributed by atoms with Crippen LogP contribution in [0.4, 0.5) is 10.1 Å². The van der Waals surface area contributed by atoms with Crippen molar-refractivity contribution in [2.45, 2.75) is 26.4 Å². The fraction of sp³-hybridized carbons (Fsp3) is 0.409. The van der Waals surface area contributed by atoms with Crippen LogP contribution < -0.4 is 4.90 Å². The summed E-state index contributed by atoms with van der Waals surface area (Å²) in [7, 11) is 2.14. The minimum atomic E-state index is -0.290. The Morgan fingerprint density at radius 2 is 1.63 bits per heavy atom. The van der Waals surface area contributed by atoms with Gasteiger partial charge in [0.2, 0.25) is 0 Å². The maximum atomic E-state index is 14.7. The molecule has 0 N–H and O–H groups in total. The molecule has 4 rings (SSSR count). The summed E-state index contributed by atoms with van der Waals surface area (Å²) >= 11 is 0. The van der Waals surface area contributed by atoms with Gasteiger partial charge in [-0.05, 0) is 56.3 Å². The topological polar surface area (TPSA) is 26.8 Å². The van der Waals surface area contributed by atoms with Gasteiger partial charge in [0.25, 0.3) is 5.91 Å². The Kier molecular flexibility index (Phi) is 4.64. The van der Waals surface area contributed by atoms with Gasteiger partial charge in [-0.15, -0.1) is 0 Å². The number of anilines is 1. The van der Waals surface area contributed by atoms with Crippen LogP contribution in [0.3, 0.4) is 0 Å².